The second-order valence-electron chi connectivity index (χ2n) is 4.62. The van der Waals surface area contributed by atoms with E-state index in [1.807, 2.05) is 43.3 Å². The SMILES string of the molecule is Cc1ccc([C@@H](CC(=O)O)c2ccccc2)c(O)c1. The van der Waals surface area contributed by atoms with Crippen molar-refractivity contribution in [3.63, 3.8) is 0 Å². The summed E-state index contributed by atoms with van der Waals surface area (Å²) in [6.07, 6.45) is -0.0410. The number of carboxylic acid groups (broad SMARTS) is 1. The quantitative estimate of drug-likeness (QED) is 0.882. The second kappa shape index (κ2) is 5.57. The minimum Gasteiger partial charge on any atom is -0.508 e. The van der Waals surface area contributed by atoms with Crippen LogP contribution in [0.4, 0.5) is 0 Å². The van der Waals surface area contributed by atoms with E-state index in [0.717, 1.165) is 11.1 Å². The van der Waals surface area contributed by atoms with Gasteiger partial charge in [-0.3, -0.25) is 4.79 Å². The van der Waals surface area contributed by atoms with E-state index >= 15 is 0 Å². The standard InChI is InChI=1S/C16H16O3/c1-11-7-8-13(15(17)9-11)14(10-16(18)19)12-5-3-2-4-6-12/h2-9,14,17H,10H2,1H3,(H,18,19)/t14-/m0/s1. The molecular weight excluding hydrogens is 240 g/mol. The minimum atomic E-state index is -0.881. The molecule has 2 aromatic rings. The highest BCUT2D eigenvalue weighted by Gasteiger charge is 2.20. The van der Waals surface area contributed by atoms with E-state index in [2.05, 4.69) is 0 Å². The van der Waals surface area contributed by atoms with Gasteiger partial charge in [0, 0.05) is 11.5 Å². The third kappa shape index (κ3) is 3.13. The largest absolute Gasteiger partial charge is 0.508 e. The van der Waals surface area contributed by atoms with E-state index < -0.39 is 5.97 Å². The predicted molar refractivity (Wildman–Crippen MR) is 73.4 cm³/mol. The molecular formula is C16H16O3. The normalized spacial score (nSPS) is 12.1. The van der Waals surface area contributed by atoms with E-state index in [0.29, 0.717) is 5.56 Å². The fraction of sp³-hybridized carbons (Fsp3) is 0.188. The molecule has 3 heteroatoms. The number of hydrogen-bond acceptors (Lipinski definition) is 2. The van der Waals surface area contributed by atoms with Crippen LogP contribution in [0.2, 0.25) is 0 Å². The van der Waals surface area contributed by atoms with Gasteiger partial charge in [-0.15, -0.1) is 0 Å². The summed E-state index contributed by atoms with van der Waals surface area (Å²) in [4.78, 5) is 11.1. The van der Waals surface area contributed by atoms with E-state index in [9.17, 15) is 9.90 Å². The highest BCUT2D eigenvalue weighted by Crippen LogP contribution is 2.34. The van der Waals surface area contributed by atoms with Gasteiger partial charge < -0.3 is 10.2 Å². The van der Waals surface area contributed by atoms with Crippen molar-refractivity contribution in [2.75, 3.05) is 0 Å². The van der Waals surface area contributed by atoms with Gasteiger partial charge in [-0.2, -0.15) is 0 Å². The van der Waals surface area contributed by atoms with Crippen LogP contribution in [0, 0.1) is 6.92 Å². The fourth-order valence-electron chi connectivity index (χ4n) is 2.22. The fourth-order valence-corrected chi connectivity index (χ4v) is 2.22. The first-order chi connectivity index (χ1) is 9.08. The summed E-state index contributed by atoms with van der Waals surface area (Å²) < 4.78 is 0. The molecule has 2 N–H and O–H groups in total. The minimum absolute atomic E-state index is 0.0410. The van der Waals surface area contributed by atoms with Gasteiger partial charge in [0.15, 0.2) is 0 Å². The molecule has 0 saturated carbocycles. The van der Waals surface area contributed by atoms with Crippen LogP contribution in [0.5, 0.6) is 5.75 Å². The van der Waals surface area contributed by atoms with Crippen LogP contribution < -0.4 is 0 Å². The molecule has 2 rings (SSSR count). The first-order valence-electron chi connectivity index (χ1n) is 6.14. The zero-order valence-electron chi connectivity index (χ0n) is 10.7. The van der Waals surface area contributed by atoms with Gasteiger partial charge in [-0.25, -0.2) is 0 Å². The molecule has 98 valence electrons. The van der Waals surface area contributed by atoms with Crippen molar-refractivity contribution in [1.82, 2.24) is 0 Å². The predicted octanol–water partition coefficient (Wildman–Crippen LogP) is 3.31. The molecule has 0 aliphatic rings. The lowest BCUT2D eigenvalue weighted by Crippen LogP contribution is -2.08. The Kier molecular flexibility index (Phi) is 3.85. The molecule has 0 spiro atoms. The van der Waals surface area contributed by atoms with Crippen LogP contribution >= 0.6 is 0 Å². The number of benzene rings is 2. The average molecular weight is 256 g/mol. The van der Waals surface area contributed by atoms with Crippen molar-refractivity contribution < 1.29 is 15.0 Å². The van der Waals surface area contributed by atoms with Crippen LogP contribution in [0.1, 0.15) is 29.0 Å². The molecule has 3 nitrogen and oxygen atoms in total. The maximum Gasteiger partial charge on any atom is 0.304 e. The van der Waals surface area contributed by atoms with Crippen molar-refractivity contribution in [1.29, 1.82) is 0 Å². The molecule has 2 aromatic carbocycles. The summed E-state index contributed by atoms with van der Waals surface area (Å²) in [5, 5.41) is 19.1. The van der Waals surface area contributed by atoms with Crippen LogP contribution in [-0.4, -0.2) is 16.2 Å². The topological polar surface area (TPSA) is 57.5 Å². The number of hydrogen-bond donors (Lipinski definition) is 2. The Balaban J connectivity index is 2.46. The summed E-state index contributed by atoms with van der Waals surface area (Å²) in [5.41, 5.74) is 2.49. The Hall–Kier alpha value is -2.29. The molecule has 0 aliphatic carbocycles. The van der Waals surface area contributed by atoms with E-state index in [1.165, 1.54) is 0 Å². The maximum absolute atomic E-state index is 11.1. The van der Waals surface area contributed by atoms with Crippen molar-refractivity contribution >= 4 is 5.97 Å². The lowest BCUT2D eigenvalue weighted by atomic mass is 9.87. The molecule has 19 heavy (non-hydrogen) atoms. The molecule has 0 unspecified atom stereocenters. The Morgan fingerprint density at radius 3 is 2.42 bits per heavy atom. The van der Waals surface area contributed by atoms with Crippen LogP contribution in [0.15, 0.2) is 48.5 Å². The number of phenolic OH excluding ortho intramolecular Hbond substituents is 1. The summed E-state index contributed by atoms with van der Waals surface area (Å²) in [6.45, 7) is 1.89. The number of carbonyl (C=O) groups is 1. The highest BCUT2D eigenvalue weighted by molar-refractivity contribution is 5.69. The van der Waals surface area contributed by atoms with Crippen molar-refractivity contribution in [3.05, 3.63) is 65.2 Å². The lowest BCUT2D eigenvalue weighted by Gasteiger charge is -2.17. The monoisotopic (exact) mass is 256 g/mol. The van der Waals surface area contributed by atoms with Crippen molar-refractivity contribution in [2.45, 2.75) is 19.3 Å². The molecule has 0 amide bonds. The maximum atomic E-state index is 11.1. The first-order valence-corrected chi connectivity index (χ1v) is 6.14. The van der Waals surface area contributed by atoms with Gasteiger partial charge in [0.2, 0.25) is 0 Å². The van der Waals surface area contributed by atoms with Gasteiger partial charge in [0.1, 0.15) is 5.75 Å². The van der Waals surface area contributed by atoms with Crippen LogP contribution in [-0.2, 0) is 4.79 Å². The molecule has 0 bridgehead atoms. The van der Waals surface area contributed by atoms with Gasteiger partial charge in [0.25, 0.3) is 0 Å². The van der Waals surface area contributed by atoms with Crippen molar-refractivity contribution in [3.8, 4) is 5.75 Å². The van der Waals surface area contributed by atoms with E-state index in [4.69, 9.17) is 5.11 Å². The van der Waals surface area contributed by atoms with Crippen molar-refractivity contribution in [2.24, 2.45) is 0 Å². The molecule has 0 fully saturated rings. The molecule has 0 aromatic heterocycles. The molecule has 1 atom stereocenters. The zero-order valence-corrected chi connectivity index (χ0v) is 10.7. The number of rotatable bonds is 4. The third-order valence-electron chi connectivity index (χ3n) is 3.14. The van der Waals surface area contributed by atoms with Crippen LogP contribution in [0.3, 0.4) is 0 Å². The number of carboxylic acids is 1. The van der Waals surface area contributed by atoms with E-state index in [1.54, 1.807) is 12.1 Å². The molecule has 0 saturated heterocycles. The summed E-state index contributed by atoms with van der Waals surface area (Å²) in [5.74, 6) is -1.07. The number of aryl methyl sites for hydroxylation is 1. The lowest BCUT2D eigenvalue weighted by molar-refractivity contribution is -0.137. The summed E-state index contributed by atoms with van der Waals surface area (Å²) in [7, 11) is 0. The van der Waals surface area contributed by atoms with Crippen LogP contribution in [0.25, 0.3) is 0 Å². The molecule has 0 radical (unpaired) electrons. The molecule has 0 aliphatic heterocycles. The first kappa shape index (κ1) is 13.1. The molecule has 0 heterocycles. The Morgan fingerprint density at radius 2 is 1.84 bits per heavy atom. The zero-order chi connectivity index (χ0) is 13.8. The number of aromatic hydroxyl groups is 1. The van der Waals surface area contributed by atoms with Gasteiger partial charge in [0.05, 0.1) is 6.42 Å². The van der Waals surface area contributed by atoms with Gasteiger partial charge in [-0.1, -0.05) is 42.5 Å². The number of aliphatic carboxylic acids is 1. The highest BCUT2D eigenvalue weighted by atomic mass is 16.4. The van der Waals surface area contributed by atoms with Gasteiger partial charge >= 0.3 is 5.97 Å². The third-order valence-corrected chi connectivity index (χ3v) is 3.14. The smallest absolute Gasteiger partial charge is 0.304 e. The Labute approximate surface area is 112 Å². The Morgan fingerprint density at radius 1 is 1.16 bits per heavy atom. The average Bonchev–Trinajstić information content (AvgIpc) is 2.37. The summed E-state index contributed by atoms with van der Waals surface area (Å²) >= 11 is 0. The van der Waals surface area contributed by atoms with E-state index in [-0.39, 0.29) is 18.1 Å². The Bertz CT molecular complexity index is 576. The number of phenols is 1. The summed E-state index contributed by atoms with van der Waals surface area (Å²) in [6, 6.07) is 14.7. The second-order valence-corrected chi connectivity index (χ2v) is 4.62. The van der Waals surface area contributed by atoms with Gasteiger partial charge in [-0.05, 0) is 24.1 Å².